The van der Waals surface area contributed by atoms with Gasteiger partial charge in [-0.05, 0) is 28.7 Å². The Morgan fingerprint density at radius 2 is 2.43 bits per heavy atom. The molecule has 0 aliphatic heterocycles. The average molecular weight is 303 g/mol. The first-order valence-corrected chi connectivity index (χ1v) is 4.91. The van der Waals surface area contributed by atoms with Gasteiger partial charge in [0.25, 0.3) is 0 Å². The first kappa shape index (κ1) is 9.45. The van der Waals surface area contributed by atoms with Crippen LogP contribution >= 0.6 is 22.6 Å². The van der Waals surface area contributed by atoms with E-state index in [9.17, 15) is 4.79 Å². The Morgan fingerprint density at radius 1 is 1.64 bits per heavy atom. The third-order valence-electron chi connectivity index (χ3n) is 1.80. The molecule has 0 amide bonds. The summed E-state index contributed by atoms with van der Waals surface area (Å²) in [5.74, 6) is -0.392. The number of rotatable bonds is 1. The van der Waals surface area contributed by atoms with Crippen LogP contribution in [-0.4, -0.2) is 18.1 Å². The molecule has 0 unspecified atom stereocenters. The number of ether oxygens (including phenoxy) is 1. The summed E-state index contributed by atoms with van der Waals surface area (Å²) in [6.45, 7) is 0. The van der Waals surface area contributed by atoms with Crippen LogP contribution in [-0.2, 0) is 4.74 Å². The second-order valence-corrected chi connectivity index (χ2v) is 3.81. The topological polar surface area (TPSA) is 52.3 Å². The van der Waals surface area contributed by atoms with E-state index in [1.807, 2.05) is 0 Å². The highest BCUT2D eigenvalue weighted by molar-refractivity contribution is 14.1. The Kier molecular flexibility index (Phi) is 2.40. The van der Waals surface area contributed by atoms with Gasteiger partial charge < -0.3 is 9.15 Å². The summed E-state index contributed by atoms with van der Waals surface area (Å²) in [7, 11) is 1.34. The van der Waals surface area contributed by atoms with E-state index in [0.717, 1.165) is 8.96 Å². The number of aromatic nitrogens is 1. The maximum Gasteiger partial charge on any atom is 0.339 e. The lowest BCUT2D eigenvalue weighted by molar-refractivity contribution is 0.0600. The number of carbonyl (C=O) groups is 1. The molecule has 0 spiro atoms. The fourth-order valence-corrected chi connectivity index (χ4v) is 1.63. The van der Waals surface area contributed by atoms with E-state index in [-0.39, 0.29) is 0 Å². The molecule has 5 heteroatoms. The van der Waals surface area contributed by atoms with Crippen LogP contribution in [0.2, 0.25) is 0 Å². The van der Waals surface area contributed by atoms with Gasteiger partial charge in [0.15, 0.2) is 0 Å². The Morgan fingerprint density at radius 3 is 3.14 bits per heavy atom. The van der Waals surface area contributed by atoms with Crippen molar-refractivity contribution in [3.05, 3.63) is 27.7 Å². The molecule has 0 aromatic carbocycles. The molecular formula is C9H6INO3. The van der Waals surface area contributed by atoms with Gasteiger partial charge in [0.1, 0.15) is 6.26 Å². The molecule has 0 aliphatic carbocycles. The lowest BCUT2D eigenvalue weighted by Gasteiger charge is -1.97. The van der Waals surface area contributed by atoms with Gasteiger partial charge in [-0.2, -0.15) is 0 Å². The number of carbonyl (C=O) groups excluding carboxylic acids is 1. The van der Waals surface area contributed by atoms with Crippen molar-refractivity contribution < 1.29 is 13.9 Å². The number of furan rings is 1. The first-order valence-electron chi connectivity index (χ1n) is 3.83. The Hall–Kier alpha value is -1.11. The second kappa shape index (κ2) is 3.56. The highest BCUT2D eigenvalue weighted by Gasteiger charge is 2.10. The minimum absolute atomic E-state index is 0.392. The molecule has 0 radical (unpaired) electrons. The molecule has 2 aromatic rings. The number of halogens is 1. The predicted octanol–water partition coefficient (Wildman–Crippen LogP) is 2.22. The molecule has 2 heterocycles. The molecule has 0 saturated heterocycles. The monoisotopic (exact) mass is 303 g/mol. The second-order valence-electron chi connectivity index (χ2n) is 2.65. The number of pyridine rings is 1. The number of hydrogen-bond acceptors (Lipinski definition) is 4. The fourth-order valence-electron chi connectivity index (χ4n) is 1.12. The van der Waals surface area contributed by atoms with Gasteiger partial charge in [0.05, 0.1) is 21.6 Å². The smallest absolute Gasteiger partial charge is 0.339 e. The molecule has 0 aliphatic rings. The summed E-state index contributed by atoms with van der Waals surface area (Å²) in [5, 5.41) is 0.827. The summed E-state index contributed by atoms with van der Waals surface area (Å²) in [4.78, 5) is 15.2. The predicted molar refractivity (Wildman–Crippen MR) is 58.1 cm³/mol. The number of methoxy groups -OCH3 is 1. The van der Waals surface area contributed by atoms with Crippen molar-refractivity contribution in [2.45, 2.75) is 0 Å². The highest BCUT2D eigenvalue weighted by Crippen LogP contribution is 2.21. The van der Waals surface area contributed by atoms with Crippen molar-refractivity contribution in [2.75, 3.05) is 7.11 Å². The number of fused-ring (bicyclic) bond motifs is 1. The largest absolute Gasteiger partial charge is 0.465 e. The van der Waals surface area contributed by atoms with E-state index in [1.54, 1.807) is 12.3 Å². The summed E-state index contributed by atoms with van der Waals surface area (Å²) >= 11 is 2.12. The van der Waals surface area contributed by atoms with Crippen LogP contribution < -0.4 is 0 Å². The van der Waals surface area contributed by atoms with Crippen molar-refractivity contribution >= 4 is 39.7 Å². The van der Waals surface area contributed by atoms with Gasteiger partial charge in [-0.3, -0.25) is 0 Å². The number of esters is 1. The van der Waals surface area contributed by atoms with E-state index < -0.39 is 5.97 Å². The van der Waals surface area contributed by atoms with Crippen molar-refractivity contribution in [1.82, 2.24) is 4.98 Å². The summed E-state index contributed by atoms with van der Waals surface area (Å²) in [6.07, 6.45) is 3.03. The van der Waals surface area contributed by atoms with E-state index >= 15 is 0 Å². The molecule has 14 heavy (non-hydrogen) atoms. The quantitative estimate of drug-likeness (QED) is 0.599. The Labute approximate surface area is 93.4 Å². The highest BCUT2D eigenvalue weighted by atomic mass is 127. The van der Waals surface area contributed by atoms with Crippen LogP contribution in [0.5, 0.6) is 0 Å². The average Bonchev–Trinajstić information content (AvgIpc) is 2.59. The fraction of sp³-hybridized carbons (Fsp3) is 0.111. The van der Waals surface area contributed by atoms with E-state index in [2.05, 4.69) is 32.3 Å². The van der Waals surface area contributed by atoms with Gasteiger partial charge in [-0.1, -0.05) is 0 Å². The molecular weight excluding hydrogens is 297 g/mol. The molecule has 0 N–H and O–H groups in total. The minimum atomic E-state index is -0.392. The third kappa shape index (κ3) is 1.47. The molecule has 2 aromatic heterocycles. The molecule has 0 bridgehead atoms. The lowest BCUT2D eigenvalue weighted by atomic mass is 10.2. The molecule has 2 rings (SSSR count). The molecule has 4 nitrogen and oxygen atoms in total. The van der Waals surface area contributed by atoms with Crippen molar-refractivity contribution in [1.29, 1.82) is 0 Å². The van der Waals surface area contributed by atoms with Crippen LogP contribution in [0.4, 0.5) is 0 Å². The van der Waals surface area contributed by atoms with Crippen LogP contribution in [0.3, 0.4) is 0 Å². The van der Waals surface area contributed by atoms with Crippen LogP contribution in [0.15, 0.2) is 22.9 Å². The number of hydrogen-bond donors (Lipinski definition) is 0. The summed E-state index contributed by atoms with van der Waals surface area (Å²) < 4.78 is 10.7. The standard InChI is InChI=1S/C9H6INO3/c1-13-9(12)5-2-6-7(10)4-14-8(6)11-3-5/h2-4H,1H3. The maximum absolute atomic E-state index is 11.2. The zero-order valence-electron chi connectivity index (χ0n) is 7.28. The summed E-state index contributed by atoms with van der Waals surface area (Å²) in [5.41, 5.74) is 0.960. The molecule has 72 valence electrons. The molecule has 0 atom stereocenters. The third-order valence-corrected chi connectivity index (χ3v) is 2.64. The van der Waals surface area contributed by atoms with Crippen molar-refractivity contribution in [3.63, 3.8) is 0 Å². The SMILES string of the molecule is COC(=O)c1cnc2occ(I)c2c1. The molecule has 0 saturated carbocycles. The minimum Gasteiger partial charge on any atom is -0.465 e. The van der Waals surface area contributed by atoms with E-state index in [1.165, 1.54) is 13.3 Å². The number of nitrogens with zero attached hydrogens (tertiary/aromatic N) is 1. The van der Waals surface area contributed by atoms with Crippen LogP contribution in [0.25, 0.3) is 11.1 Å². The van der Waals surface area contributed by atoms with Gasteiger partial charge in [0, 0.05) is 6.20 Å². The van der Waals surface area contributed by atoms with Crippen LogP contribution in [0.1, 0.15) is 10.4 Å². The molecule has 0 fully saturated rings. The van der Waals surface area contributed by atoms with Gasteiger partial charge in [-0.25, -0.2) is 9.78 Å². The maximum atomic E-state index is 11.2. The normalized spacial score (nSPS) is 10.4. The first-order chi connectivity index (χ1) is 6.72. The van der Waals surface area contributed by atoms with Crippen molar-refractivity contribution in [2.24, 2.45) is 0 Å². The zero-order chi connectivity index (χ0) is 10.1. The van der Waals surface area contributed by atoms with E-state index in [0.29, 0.717) is 11.3 Å². The Bertz CT molecular complexity index is 492. The Balaban J connectivity index is 2.60. The zero-order valence-corrected chi connectivity index (χ0v) is 9.44. The summed E-state index contributed by atoms with van der Waals surface area (Å²) in [6, 6.07) is 1.71. The lowest BCUT2D eigenvalue weighted by Crippen LogP contribution is -2.01. The van der Waals surface area contributed by atoms with E-state index in [4.69, 9.17) is 4.42 Å². The van der Waals surface area contributed by atoms with Crippen LogP contribution in [0, 0.1) is 3.57 Å². The van der Waals surface area contributed by atoms with Gasteiger partial charge in [-0.15, -0.1) is 0 Å². The van der Waals surface area contributed by atoms with Crippen molar-refractivity contribution in [3.8, 4) is 0 Å². The van der Waals surface area contributed by atoms with Gasteiger partial charge in [0.2, 0.25) is 5.71 Å². The van der Waals surface area contributed by atoms with Gasteiger partial charge >= 0.3 is 5.97 Å².